The number of amides is 2. The van der Waals surface area contributed by atoms with E-state index in [2.05, 4.69) is 21.0 Å². The summed E-state index contributed by atoms with van der Waals surface area (Å²) in [6.45, 7) is 4.60. The van der Waals surface area contributed by atoms with E-state index in [-0.39, 0.29) is 11.8 Å². The number of para-hydroxylation sites is 1. The highest BCUT2D eigenvalue weighted by molar-refractivity contribution is 7.23. The zero-order valence-corrected chi connectivity index (χ0v) is 18.7. The van der Waals surface area contributed by atoms with Gasteiger partial charge in [-0.3, -0.25) is 9.59 Å². The number of carbonyl (C=O) groups is 2. The predicted molar refractivity (Wildman–Crippen MR) is 120 cm³/mol. The molecule has 4 aromatic rings. The summed E-state index contributed by atoms with van der Waals surface area (Å²) in [6, 6.07) is 8.02. The molecule has 0 fully saturated rings. The van der Waals surface area contributed by atoms with Crippen molar-refractivity contribution in [2.75, 3.05) is 11.9 Å². The van der Waals surface area contributed by atoms with Crippen molar-refractivity contribution in [3.63, 3.8) is 0 Å². The van der Waals surface area contributed by atoms with Gasteiger partial charge in [-0.2, -0.15) is 0 Å². The third-order valence-electron chi connectivity index (χ3n) is 5.09. The molecular formula is C20H17N5O2S3. The van der Waals surface area contributed by atoms with Crippen LogP contribution in [-0.4, -0.2) is 37.8 Å². The lowest BCUT2D eigenvalue weighted by atomic mass is 10.0. The summed E-state index contributed by atoms with van der Waals surface area (Å²) in [5, 5.41) is 8.67. The van der Waals surface area contributed by atoms with Crippen LogP contribution in [0.1, 0.15) is 32.7 Å². The first-order valence-electron chi connectivity index (χ1n) is 9.37. The molecule has 10 heteroatoms. The number of nitrogens with zero attached hydrogens (tertiary/aromatic N) is 4. The molecule has 0 bridgehead atoms. The van der Waals surface area contributed by atoms with Gasteiger partial charge in [0.05, 0.1) is 22.5 Å². The minimum absolute atomic E-state index is 0.0625. The fraction of sp³-hybridized carbons (Fsp3) is 0.250. The summed E-state index contributed by atoms with van der Waals surface area (Å²) in [4.78, 5) is 33.1. The first-order valence-corrected chi connectivity index (χ1v) is 11.8. The second-order valence-corrected chi connectivity index (χ2v) is 9.92. The summed E-state index contributed by atoms with van der Waals surface area (Å²) in [5.74, 6) is -0.153. The monoisotopic (exact) mass is 455 g/mol. The summed E-state index contributed by atoms with van der Waals surface area (Å²) in [6.07, 6.45) is 0.744. The van der Waals surface area contributed by atoms with Crippen molar-refractivity contribution < 1.29 is 9.59 Å². The van der Waals surface area contributed by atoms with Crippen LogP contribution in [0.15, 0.2) is 24.3 Å². The number of carbonyl (C=O) groups excluding carboxylic acids is 2. The van der Waals surface area contributed by atoms with Crippen LogP contribution in [0, 0.1) is 6.92 Å². The van der Waals surface area contributed by atoms with E-state index in [0.717, 1.165) is 48.6 Å². The van der Waals surface area contributed by atoms with Crippen molar-refractivity contribution >= 4 is 61.2 Å². The van der Waals surface area contributed by atoms with Gasteiger partial charge in [-0.1, -0.05) is 16.6 Å². The quantitative estimate of drug-likeness (QED) is 0.496. The maximum Gasteiger partial charge on any atom is 0.269 e. The average molecular weight is 456 g/mol. The molecule has 0 unspecified atom stereocenters. The maximum atomic E-state index is 12.9. The lowest BCUT2D eigenvalue weighted by Crippen LogP contribution is -2.33. The molecule has 1 aliphatic rings. The second-order valence-electron chi connectivity index (χ2n) is 7.03. The average Bonchev–Trinajstić information content (AvgIpc) is 3.42. The van der Waals surface area contributed by atoms with Gasteiger partial charge in [0.1, 0.15) is 14.9 Å². The van der Waals surface area contributed by atoms with Crippen LogP contribution in [0.25, 0.3) is 20.8 Å². The zero-order chi connectivity index (χ0) is 20.8. The molecule has 0 saturated heterocycles. The van der Waals surface area contributed by atoms with Crippen LogP contribution in [0.5, 0.6) is 0 Å². The highest BCUT2D eigenvalue weighted by Crippen LogP contribution is 2.45. The Morgan fingerprint density at radius 3 is 2.77 bits per heavy atom. The molecule has 30 heavy (non-hydrogen) atoms. The normalized spacial score (nSPS) is 13.5. The van der Waals surface area contributed by atoms with Crippen LogP contribution in [0.3, 0.4) is 0 Å². The number of aryl methyl sites for hydroxylation is 1. The zero-order valence-electron chi connectivity index (χ0n) is 16.3. The van der Waals surface area contributed by atoms with Gasteiger partial charge in [0, 0.05) is 23.9 Å². The van der Waals surface area contributed by atoms with Gasteiger partial charge in [-0.15, -0.1) is 27.8 Å². The molecule has 0 radical (unpaired) electrons. The molecule has 2 amide bonds. The number of anilines is 1. The third-order valence-corrected chi connectivity index (χ3v) is 8.11. The SMILES string of the molecule is CC(=O)N1CCc2c(sc(NC(=O)c3snnc3C)c2-c2nc3ccccc3s2)C1. The Bertz CT molecular complexity index is 1260. The Morgan fingerprint density at radius 1 is 1.20 bits per heavy atom. The summed E-state index contributed by atoms with van der Waals surface area (Å²) in [7, 11) is 0. The van der Waals surface area contributed by atoms with E-state index in [4.69, 9.17) is 4.98 Å². The van der Waals surface area contributed by atoms with Crippen molar-refractivity contribution in [2.24, 2.45) is 0 Å². The largest absolute Gasteiger partial charge is 0.337 e. The van der Waals surface area contributed by atoms with E-state index in [9.17, 15) is 9.59 Å². The predicted octanol–water partition coefficient (Wildman–Crippen LogP) is 4.34. The fourth-order valence-electron chi connectivity index (χ4n) is 3.57. The summed E-state index contributed by atoms with van der Waals surface area (Å²) in [5.41, 5.74) is 3.70. The smallest absolute Gasteiger partial charge is 0.269 e. The minimum atomic E-state index is -0.216. The number of benzene rings is 1. The Hall–Kier alpha value is -2.69. The van der Waals surface area contributed by atoms with Crippen molar-refractivity contribution in [3.05, 3.63) is 45.3 Å². The molecule has 1 aromatic carbocycles. The maximum absolute atomic E-state index is 12.9. The van der Waals surface area contributed by atoms with Crippen LogP contribution in [0.4, 0.5) is 5.00 Å². The lowest BCUT2D eigenvalue weighted by Gasteiger charge is -2.25. The number of thiazole rings is 1. The molecule has 7 nitrogen and oxygen atoms in total. The number of fused-ring (bicyclic) bond motifs is 2. The fourth-order valence-corrected chi connectivity index (χ4v) is 6.49. The second kappa shape index (κ2) is 7.53. The first-order chi connectivity index (χ1) is 14.5. The van der Waals surface area contributed by atoms with E-state index in [1.807, 2.05) is 23.1 Å². The van der Waals surface area contributed by atoms with Gasteiger partial charge in [-0.05, 0) is 42.6 Å². The van der Waals surface area contributed by atoms with E-state index in [0.29, 0.717) is 23.7 Å². The van der Waals surface area contributed by atoms with Gasteiger partial charge < -0.3 is 10.2 Å². The summed E-state index contributed by atoms with van der Waals surface area (Å²) >= 11 is 4.23. The van der Waals surface area contributed by atoms with Crippen molar-refractivity contribution in [3.8, 4) is 10.6 Å². The number of thiophene rings is 1. The van der Waals surface area contributed by atoms with Crippen molar-refractivity contribution in [2.45, 2.75) is 26.8 Å². The van der Waals surface area contributed by atoms with Gasteiger partial charge >= 0.3 is 0 Å². The van der Waals surface area contributed by atoms with Crippen LogP contribution in [-0.2, 0) is 17.8 Å². The number of rotatable bonds is 3. The first kappa shape index (κ1) is 19.3. The number of aromatic nitrogens is 3. The lowest BCUT2D eigenvalue weighted by molar-refractivity contribution is -0.129. The highest BCUT2D eigenvalue weighted by Gasteiger charge is 2.29. The van der Waals surface area contributed by atoms with Gasteiger partial charge in [-0.25, -0.2) is 4.98 Å². The van der Waals surface area contributed by atoms with Crippen LogP contribution < -0.4 is 5.32 Å². The molecule has 0 spiro atoms. The summed E-state index contributed by atoms with van der Waals surface area (Å²) < 4.78 is 4.97. The molecule has 3 aromatic heterocycles. The Balaban J connectivity index is 1.61. The van der Waals surface area contributed by atoms with Gasteiger partial charge in [0.2, 0.25) is 5.91 Å². The Kier molecular flexibility index (Phi) is 4.84. The number of hydrogen-bond acceptors (Lipinski definition) is 8. The number of hydrogen-bond donors (Lipinski definition) is 1. The third kappa shape index (κ3) is 3.30. The molecule has 0 saturated carbocycles. The van der Waals surface area contributed by atoms with E-state index in [1.165, 1.54) is 16.9 Å². The van der Waals surface area contributed by atoms with E-state index >= 15 is 0 Å². The van der Waals surface area contributed by atoms with Crippen LogP contribution >= 0.6 is 34.2 Å². The Morgan fingerprint density at radius 2 is 2.03 bits per heavy atom. The Labute approximate surface area is 184 Å². The van der Waals surface area contributed by atoms with Crippen molar-refractivity contribution in [1.29, 1.82) is 0 Å². The molecule has 4 heterocycles. The molecular weight excluding hydrogens is 438 g/mol. The highest BCUT2D eigenvalue weighted by atomic mass is 32.1. The van der Waals surface area contributed by atoms with Gasteiger partial charge in [0.15, 0.2) is 0 Å². The molecule has 0 atom stereocenters. The van der Waals surface area contributed by atoms with E-state index < -0.39 is 0 Å². The van der Waals surface area contributed by atoms with Crippen LogP contribution in [0.2, 0.25) is 0 Å². The van der Waals surface area contributed by atoms with Crippen molar-refractivity contribution in [1.82, 2.24) is 19.5 Å². The molecule has 152 valence electrons. The minimum Gasteiger partial charge on any atom is -0.337 e. The standard InChI is InChI=1S/C20H17N5O2S3/c1-10-17(30-24-23-10)18(27)22-20-16(19-21-13-5-3-4-6-14(13)28-19)12-7-8-25(11(2)26)9-15(12)29-20/h3-6H,7-9H2,1-2H3,(H,22,27). The molecule has 1 aliphatic heterocycles. The number of nitrogens with one attached hydrogen (secondary N) is 1. The van der Waals surface area contributed by atoms with Gasteiger partial charge in [0.25, 0.3) is 5.91 Å². The van der Waals surface area contributed by atoms with E-state index in [1.54, 1.807) is 25.2 Å². The molecule has 1 N–H and O–H groups in total. The molecule has 5 rings (SSSR count). The molecule has 0 aliphatic carbocycles. The topological polar surface area (TPSA) is 88.1 Å².